The van der Waals surface area contributed by atoms with Crippen LogP contribution in [0, 0.1) is 11.3 Å². The Balaban J connectivity index is 1.36. The molecule has 16 heteroatoms. The maximum atomic E-state index is 13.9. The second-order valence-electron chi connectivity index (χ2n) is 9.62. The number of aromatic nitrogens is 3. The van der Waals surface area contributed by atoms with Gasteiger partial charge in [0.15, 0.2) is 5.82 Å². The molecule has 15 nitrogen and oxygen atoms in total. The molecule has 2 aliphatic heterocycles. The number of fused-ring (bicyclic) bond motifs is 1. The number of benzene rings is 1. The van der Waals surface area contributed by atoms with Crippen molar-refractivity contribution in [1.82, 2.24) is 19.7 Å². The van der Waals surface area contributed by atoms with Crippen molar-refractivity contribution in [3.05, 3.63) is 54.5 Å². The normalized spacial score (nSPS) is 28.1. The van der Waals surface area contributed by atoms with Gasteiger partial charge < -0.3 is 34.7 Å². The lowest BCUT2D eigenvalue weighted by molar-refractivity contribution is -0.150. The summed E-state index contributed by atoms with van der Waals surface area (Å²) in [4.78, 5) is 16.6. The van der Waals surface area contributed by atoms with Crippen molar-refractivity contribution < 1.29 is 42.8 Å². The lowest BCUT2D eigenvalue weighted by Crippen LogP contribution is -2.46. The zero-order valence-corrected chi connectivity index (χ0v) is 22.8. The Bertz CT molecular complexity index is 1480. The maximum Gasteiger partial charge on any atom is 0.459 e. The zero-order valence-electron chi connectivity index (χ0n) is 21.9. The number of aliphatic hydroxyl groups excluding tert-OH is 2. The maximum absolute atomic E-state index is 13.9. The second kappa shape index (κ2) is 11.7. The molecule has 0 aliphatic carbocycles. The van der Waals surface area contributed by atoms with Gasteiger partial charge in [-0.25, -0.2) is 14.1 Å². The van der Waals surface area contributed by atoms with Crippen molar-refractivity contribution in [3.8, 4) is 11.8 Å². The number of nitrogens with one attached hydrogen (secondary N) is 1. The van der Waals surface area contributed by atoms with E-state index in [1.165, 1.54) is 29.9 Å². The Kier molecular flexibility index (Phi) is 8.25. The van der Waals surface area contributed by atoms with E-state index in [4.69, 9.17) is 29.0 Å². The van der Waals surface area contributed by atoms with Crippen molar-refractivity contribution in [2.75, 3.05) is 25.6 Å². The first-order valence-corrected chi connectivity index (χ1v) is 14.3. The number of carbonyl (C=O) groups excluding carboxylic acids is 1. The number of hydrogen-bond acceptors (Lipinski definition) is 13. The first-order valence-electron chi connectivity index (χ1n) is 12.7. The summed E-state index contributed by atoms with van der Waals surface area (Å²) in [7, 11) is -4.42. The molecule has 0 amide bonds. The average Bonchev–Trinajstić information content (AvgIpc) is 3.69. The van der Waals surface area contributed by atoms with E-state index in [0.29, 0.717) is 18.5 Å². The molecule has 5 N–H and O–H groups in total. The molecule has 0 spiro atoms. The van der Waals surface area contributed by atoms with Gasteiger partial charge in [0.2, 0.25) is 5.60 Å². The highest BCUT2D eigenvalue weighted by Crippen LogP contribution is 2.48. The minimum absolute atomic E-state index is 0.141. The number of nitrogen functional groups attached to an aromatic ring is 1. The summed E-state index contributed by atoms with van der Waals surface area (Å²) < 4.78 is 43.0. The molecule has 218 valence electrons. The van der Waals surface area contributed by atoms with Crippen molar-refractivity contribution in [1.29, 1.82) is 5.26 Å². The molecule has 5 rings (SSSR count). The van der Waals surface area contributed by atoms with Gasteiger partial charge >= 0.3 is 13.7 Å². The standard InChI is InChI=1S/C25H29N6O9P/c1-15(24(34)38-17-9-10-36-11-17)30-41(35,40-16-5-3-2-4-6-16)37-13-25(12-26)22(33)20(32)21(39-25)18-7-8-19-23(27)28-14-29-31(18)19/h2-8,14-15,17,20-22,32-33H,9-11,13H2,1H3,(H,30,35)(H2,27,28,29)/t15-,17+,20-,21-,22-,25+,41-/m0/s1. The minimum atomic E-state index is -4.42. The molecule has 2 aliphatic rings. The van der Waals surface area contributed by atoms with Gasteiger partial charge in [-0.15, -0.1) is 0 Å². The van der Waals surface area contributed by atoms with Crippen molar-refractivity contribution >= 4 is 25.1 Å². The molecule has 1 aromatic carbocycles. The number of esters is 1. The SMILES string of the molecule is C[C@H](N[P@](=O)(OC[C@@]1(C#N)O[C@@H](c2ccc3c(N)ncnn23)[C@H](O)[C@@H]1O)Oc1ccccc1)C(=O)O[C@@H]1CCOC1. The smallest absolute Gasteiger partial charge is 0.459 e. The third kappa shape index (κ3) is 5.90. The fourth-order valence-corrected chi connectivity index (χ4v) is 6.05. The quantitative estimate of drug-likeness (QED) is 0.191. The average molecular weight is 589 g/mol. The summed E-state index contributed by atoms with van der Waals surface area (Å²) in [5.41, 5.74) is 4.41. The van der Waals surface area contributed by atoms with E-state index >= 15 is 0 Å². The van der Waals surface area contributed by atoms with E-state index in [2.05, 4.69) is 15.2 Å². The Hall–Kier alpha value is -3.61. The number of aliphatic hydroxyl groups is 2. The summed E-state index contributed by atoms with van der Waals surface area (Å²) in [6.45, 7) is 1.32. The van der Waals surface area contributed by atoms with Crippen molar-refractivity contribution in [2.24, 2.45) is 0 Å². The zero-order chi connectivity index (χ0) is 29.2. The molecule has 3 aromatic rings. The highest BCUT2D eigenvalue weighted by Gasteiger charge is 2.57. The number of para-hydroxylation sites is 1. The summed E-state index contributed by atoms with van der Waals surface area (Å²) in [5, 5.41) is 38.5. The van der Waals surface area contributed by atoms with E-state index in [1.807, 2.05) is 6.07 Å². The Labute approximate surface area is 234 Å². The minimum Gasteiger partial charge on any atom is -0.459 e. The van der Waals surface area contributed by atoms with Gasteiger partial charge in [0.1, 0.15) is 60.7 Å². The Morgan fingerprint density at radius 3 is 2.83 bits per heavy atom. The van der Waals surface area contributed by atoms with E-state index in [9.17, 15) is 24.8 Å². The first-order chi connectivity index (χ1) is 19.6. The highest BCUT2D eigenvalue weighted by atomic mass is 31.2. The van der Waals surface area contributed by atoms with Crippen LogP contribution in [0.25, 0.3) is 5.52 Å². The van der Waals surface area contributed by atoms with Crippen LogP contribution >= 0.6 is 7.75 Å². The van der Waals surface area contributed by atoms with Crippen LogP contribution in [0.2, 0.25) is 0 Å². The number of nitriles is 1. The number of anilines is 1. The van der Waals surface area contributed by atoms with Crippen LogP contribution in [0.4, 0.5) is 5.82 Å². The third-order valence-corrected chi connectivity index (χ3v) is 8.36. The molecule has 4 heterocycles. The number of ether oxygens (including phenoxy) is 3. The van der Waals surface area contributed by atoms with Gasteiger partial charge in [-0.1, -0.05) is 18.2 Å². The third-order valence-electron chi connectivity index (χ3n) is 6.73. The van der Waals surface area contributed by atoms with Crippen molar-refractivity contribution in [3.63, 3.8) is 0 Å². The molecular weight excluding hydrogens is 559 g/mol. The molecule has 0 unspecified atom stereocenters. The van der Waals surface area contributed by atoms with Gasteiger partial charge in [-0.3, -0.25) is 9.32 Å². The van der Waals surface area contributed by atoms with E-state index < -0.39 is 56.4 Å². The number of carbonyl (C=O) groups is 1. The molecule has 7 atom stereocenters. The Morgan fingerprint density at radius 2 is 2.12 bits per heavy atom. The highest BCUT2D eigenvalue weighted by molar-refractivity contribution is 7.52. The molecule has 41 heavy (non-hydrogen) atoms. The van der Waals surface area contributed by atoms with E-state index in [1.54, 1.807) is 30.3 Å². The van der Waals surface area contributed by atoms with Gasteiger partial charge in [0.05, 0.1) is 18.9 Å². The van der Waals surface area contributed by atoms with Gasteiger partial charge in [0.25, 0.3) is 0 Å². The van der Waals surface area contributed by atoms with Crippen LogP contribution in [0.15, 0.2) is 48.8 Å². The second-order valence-corrected chi connectivity index (χ2v) is 11.3. The predicted molar refractivity (Wildman–Crippen MR) is 140 cm³/mol. The van der Waals surface area contributed by atoms with Gasteiger partial charge in [0, 0.05) is 6.42 Å². The van der Waals surface area contributed by atoms with Crippen LogP contribution in [0.5, 0.6) is 5.75 Å². The Morgan fingerprint density at radius 1 is 1.34 bits per heavy atom. The van der Waals surface area contributed by atoms with Gasteiger partial charge in [-0.2, -0.15) is 15.4 Å². The van der Waals surface area contributed by atoms with E-state index in [0.717, 1.165) is 0 Å². The van der Waals surface area contributed by atoms with E-state index in [-0.39, 0.29) is 23.9 Å². The van der Waals surface area contributed by atoms with Crippen LogP contribution in [-0.2, 0) is 28.1 Å². The lowest BCUT2D eigenvalue weighted by Gasteiger charge is -2.28. The predicted octanol–water partition coefficient (Wildman–Crippen LogP) is 0.881. The number of nitrogens with two attached hydrogens (primary N) is 1. The number of nitrogens with zero attached hydrogens (tertiary/aromatic N) is 4. The molecule has 0 bridgehead atoms. The molecule has 2 aromatic heterocycles. The fraction of sp³-hybridized carbons (Fsp3) is 0.440. The largest absolute Gasteiger partial charge is 0.459 e. The number of rotatable bonds is 10. The summed E-state index contributed by atoms with van der Waals surface area (Å²) in [6, 6.07) is 11.9. The van der Waals surface area contributed by atoms with Crippen LogP contribution in [0.1, 0.15) is 25.1 Å². The molecule has 0 radical (unpaired) electrons. The summed E-state index contributed by atoms with van der Waals surface area (Å²) >= 11 is 0. The van der Waals surface area contributed by atoms with Crippen LogP contribution in [-0.4, -0.2) is 80.6 Å². The van der Waals surface area contributed by atoms with Crippen LogP contribution < -0.4 is 15.3 Å². The van der Waals surface area contributed by atoms with Crippen molar-refractivity contribution in [2.45, 2.75) is 49.4 Å². The fourth-order valence-electron chi connectivity index (χ4n) is 4.53. The molecule has 2 saturated heterocycles. The first kappa shape index (κ1) is 28.9. The molecular formula is C25H29N6O9P. The summed E-state index contributed by atoms with van der Waals surface area (Å²) in [5.74, 6) is -0.404. The summed E-state index contributed by atoms with van der Waals surface area (Å²) in [6.07, 6.45) is -3.33. The molecule has 2 fully saturated rings. The topological polar surface area (TPSA) is 213 Å². The van der Waals surface area contributed by atoms with Crippen LogP contribution in [0.3, 0.4) is 0 Å². The lowest BCUT2D eigenvalue weighted by atomic mass is 9.96. The monoisotopic (exact) mass is 588 g/mol. The number of hydrogen-bond donors (Lipinski definition) is 4. The molecule has 0 saturated carbocycles. The van der Waals surface area contributed by atoms with Gasteiger partial charge in [-0.05, 0) is 31.2 Å².